The molecular formula is C43H68N12O9S. The Morgan fingerprint density at radius 1 is 0.831 bits per heavy atom. The summed E-state index contributed by atoms with van der Waals surface area (Å²) in [4.78, 5) is 115. The predicted molar refractivity (Wildman–Crippen MR) is 243 cm³/mol. The first kappa shape index (κ1) is 53.9. The number of nitrogens with zero attached hydrogens (tertiary/aromatic N) is 1. The molecule has 1 fully saturated rings. The van der Waals surface area contributed by atoms with Crippen LogP contribution in [0, 0.1) is 11.8 Å². The van der Waals surface area contributed by atoms with E-state index in [1.165, 1.54) is 18.3 Å². The number of hydrogen-bond donors (Lipinski definition) is 12. The maximum Gasteiger partial charge on any atom is 0.245 e. The number of aliphatic hydroxyl groups excluding tert-OH is 1. The summed E-state index contributed by atoms with van der Waals surface area (Å²) in [5, 5.41) is 34.1. The number of thiazole rings is 1. The van der Waals surface area contributed by atoms with Crippen molar-refractivity contribution in [1.82, 2.24) is 47.5 Å². The van der Waals surface area contributed by atoms with Crippen molar-refractivity contribution in [2.75, 3.05) is 32.7 Å². The molecule has 1 saturated heterocycles. The summed E-state index contributed by atoms with van der Waals surface area (Å²) >= 11 is 1.36. The molecule has 1 aliphatic rings. The number of aldehydes is 1. The van der Waals surface area contributed by atoms with Gasteiger partial charge in [0.05, 0.1) is 23.4 Å². The van der Waals surface area contributed by atoms with Crippen molar-refractivity contribution in [2.24, 2.45) is 29.0 Å². The number of aromatic nitrogens is 1. The van der Waals surface area contributed by atoms with Crippen molar-refractivity contribution in [3.63, 3.8) is 0 Å². The van der Waals surface area contributed by atoms with Crippen molar-refractivity contribution in [3.8, 4) is 0 Å². The lowest BCUT2D eigenvalue weighted by atomic mass is 9.90. The van der Waals surface area contributed by atoms with Gasteiger partial charge in [0.1, 0.15) is 42.0 Å². The zero-order valence-corrected chi connectivity index (χ0v) is 38.4. The van der Waals surface area contributed by atoms with Crippen LogP contribution in [0.15, 0.2) is 41.2 Å². The van der Waals surface area contributed by atoms with Crippen LogP contribution >= 0.6 is 11.3 Å². The Morgan fingerprint density at radius 3 is 1.94 bits per heavy atom. The van der Waals surface area contributed by atoms with Crippen LogP contribution in [0.1, 0.15) is 71.1 Å². The molecule has 0 radical (unpaired) electrons. The van der Waals surface area contributed by atoms with E-state index in [1.807, 2.05) is 13.8 Å². The van der Waals surface area contributed by atoms with Gasteiger partial charge in [0.25, 0.3) is 0 Å². The summed E-state index contributed by atoms with van der Waals surface area (Å²) in [5.74, 6) is -5.96. The van der Waals surface area contributed by atoms with Crippen molar-refractivity contribution >= 4 is 59.0 Å². The molecule has 9 atom stereocenters. The van der Waals surface area contributed by atoms with Crippen LogP contribution in [0.25, 0.3) is 0 Å². The minimum Gasteiger partial charge on any atom is -0.391 e. The summed E-state index contributed by atoms with van der Waals surface area (Å²) in [5.41, 5.74) is 18.9. The number of aliphatic hydroxyl groups is 1. The summed E-state index contributed by atoms with van der Waals surface area (Å²) in [6, 6.07) is 1.06. The van der Waals surface area contributed by atoms with Gasteiger partial charge in [0, 0.05) is 37.2 Å². The molecule has 2 unspecified atom stereocenters. The highest BCUT2D eigenvalue weighted by Gasteiger charge is 2.38. The fourth-order valence-electron chi connectivity index (χ4n) is 7.18. The SMILES string of the molecule is CC(C)C[C@@H]1NC[C@@](C=O)(Cc2ccccc2)NC(=O)[C@H](CCN)NC(=O)C(NC(=O)[C@@H](C)Cc2cscn2)CCNC(=O)[C@H]([C@@H](C)O)NC(=O)C(CCN)NC(=O)[C@H](CCN)NC1=O. The Bertz CT molecular complexity index is 1870. The lowest BCUT2D eigenvalue weighted by Crippen LogP contribution is -2.64. The van der Waals surface area contributed by atoms with Crippen LogP contribution in [0.4, 0.5) is 0 Å². The zero-order valence-electron chi connectivity index (χ0n) is 37.6. The summed E-state index contributed by atoms with van der Waals surface area (Å²) in [6.45, 7) is 5.94. The van der Waals surface area contributed by atoms with Gasteiger partial charge in [0.2, 0.25) is 41.4 Å². The van der Waals surface area contributed by atoms with E-state index in [9.17, 15) is 43.5 Å². The number of rotatable bonds is 16. The van der Waals surface area contributed by atoms with E-state index < -0.39 is 95.2 Å². The minimum atomic E-state index is -1.71. The molecule has 2 aromatic rings. The Hall–Kier alpha value is -5.39. The summed E-state index contributed by atoms with van der Waals surface area (Å²) < 4.78 is 0. The first-order chi connectivity index (χ1) is 31.0. The largest absolute Gasteiger partial charge is 0.391 e. The molecule has 0 aliphatic carbocycles. The first-order valence-corrected chi connectivity index (χ1v) is 22.9. The lowest BCUT2D eigenvalue weighted by molar-refractivity contribution is -0.135. The van der Waals surface area contributed by atoms with Crippen LogP contribution in [0.2, 0.25) is 0 Å². The second-order valence-electron chi connectivity index (χ2n) is 16.9. The van der Waals surface area contributed by atoms with Crippen LogP contribution in [-0.4, -0.2) is 138 Å². The molecule has 2 heterocycles. The molecule has 3 rings (SSSR count). The summed E-state index contributed by atoms with van der Waals surface area (Å²) in [7, 11) is 0. The van der Waals surface area contributed by atoms with Gasteiger partial charge < -0.3 is 69.6 Å². The van der Waals surface area contributed by atoms with E-state index in [2.05, 4.69) is 47.5 Å². The van der Waals surface area contributed by atoms with Gasteiger partial charge in [-0.3, -0.25) is 33.6 Å². The van der Waals surface area contributed by atoms with Gasteiger partial charge in [-0.25, -0.2) is 4.98 Å². The highest BCUT2D eigenvalue weighted by Crippen LogP contribution is 2.16. The molecule has 15 N–H and O–H groups in total. The van der Waals surface area contributed by atoms with Crippen molar-refractivity contribution in [3.05, 3.63) is 52.5 Å². The third-order valence-corrected chi connectivity index (χ3v) is 11.4. The van der Waals surface area contributed by atoms with E-state index in [4.69, 9.17) is 17.2 Å². The molecule has 1 aromatic heterocycles. The van der Waals surface area contributed by atoms with E-state index in [0.717, 1.165) is 0 Å². The fourth-order valence-corrected chi connectivity index (χ4v) is 7.75. The van der Waals surface area contributed by atoms with Crippen LogP contribution < -0.4 is 59.7 Å². The van der Waals surface area contributed by atoms with E-state index in [-0.39, 0.29) is 83.6 Å². The second kappa shape index (κ2) is 27.2. The van der Waals surface area contributed by atoms with Crippen LogP contribution in [0.3, 0.4) is 0 Å². The topological polar surface area (TPSA) is 344 Å². The molecule has 0 spiro atoms. The van der Waals surface area contributed by atoms with Crippen molar-refractivity contribution in [1.29, 1.82) is 0 Å². The van der Waals surface area contributed by atoms with Crippen molar-refractivity contribution in [2.45, 2.75) is 121 Å². The maximum absolute atomic E-state index is 14.3. The smallest absolute Gasteiger partial charge is 0.245 e. The normalized spacial score (nSPS) is 25.7. The number of amides is 7. The van der Waals surface area contributed by atoms with Crippen LogP contribution in [-0.2, 0) is 51.2 Å². The van der Waals surface area contributed by atoms with E-state index in [0.29, 0.717) is 17.5 Å². The molecule has 21 nitrogen and oxygen atoms in total. The third-order valence-electron chi connectivity index (χ3n) is 10.8. The Kier molecular flexibility index (Phi) is 22.6. The van der Waals surface area contributed by atoms with Gasteiger partial charge in [-0.1, -0.05) is 51.1 Å². The molecular weight excluding hydrogens is 861 g/mol. The minimum absolute atomic E-state index is 0.0350. The number of nitrogens with two attached hydrogens (primary N) is 3. The molecule has 0 saturated carbocycles. The Labute approximate surface area is 383 Å². The maximum atomic E-state index is 14.3. The molecule has 7 amide bonds. The number of carbonyl (C=O) groups excluding carboxylic acids is 8. The Balaban J connectivity index is 2.12. The average Bonchev–Trinajstić information content (AvgIpc) is 3.78. The highest BCUT2D eigenvalue weighted by atomic mass is 32.1. The molecule has 65 heavy (non-hydrogen) atoms. The molecule has 0 bridgehead atoms. The first-order valence-electron chi connectivity index (χ1n) is 22.0. The molecule has 22 heteroatoms. The van der Waals surface area contributed by atoms with Gasteiger partial charge in [-0.2, -0.15) is 0 Å². The lowest BCUT2D eigenvalue weighted by Gasteiger charge is -2.34. The third kappa shape index (κ3) is 17.5. The number of nitrogens with one attached hydrogen (secondary N) is 8. The Morgan fingerprint density at radius 2 is 1.40 bits per heavy atom. The van der Waals surface area contributed by atoms with Gasteiger partial charge >= 0.3 is 0 Å². The van der Waals surface area contributed by atoms with Gasteiger partial charge in [-0.05, 0) is 70.1 Å². The van der Waals surface area contributed by atoms with Crippen molar-refractivity contribution < 1.29 is 43.5 Å². The monoisotopic (exact) mass is 928 g/mol. The summed E-state index contributed by atoms with van der Waals surface area (Å²) in [6.07, 6.45) is -0.878. The van der Waals surface area contributed by atoms with E-state index in [1.54, 1.807) is 48.1 Å². The van der Waals surface area contributed by atoms with Crippen LogP contribution in [0.5, 0.6) is 0 Å². The molecule has 1 aromatic carbocycles. The standard InChI is InChI=1S/C43H68N12O9S/c1-25(2)18-34-40(62)52-30(10-14-44)37(59)51-31(11-15-45)39(61)54-35(27(4)57)42(64)47-17-13-33(50-36(58)26(3)19-29-21-65-24-49-29)38(60)53-32(12-16-46)41(63)55-43(23-56,22-48-34)20-28-8-6-5-7-9-28/h5-9,21,23-27,30-35,48,57H,10-20,22,44-46H2,1-4H3,(H,47,64)(H,50,58)(H,51,59)(H,52,62)(H,53,60)(H,54,61)(H,55,63)/t26-,27+,30-,31?,32-,33?,34-,35-,43+/m0/s1. The fraction of sp³-hybridized carbons (Fsp3) is 0.605. The van der Waals surface area contributed by atoms with E-state index >= 15 is 0 Å². The van der Waals surface area contributed by atoms with Gasteiger partial charge in [-0.15, -0.1) is 11.3 Å². The highest BCUT2D eigenvalue weighted by molar-refractivity contribution is 7.07. The molecule has 360 valence electrons. The average molecular weight is 929 g/mol. The number of carbonyl (C=O) groups is 8. The molecule has 1 aliphatic heterocycles. The predicted octanol–water partition coefficient (Wildman–Crippen LogP) is -3.01. The zero-order chi connectivity index (χ0) is 48.1. The number of hydrogen-bond acceptors (Lipinski definition) is 15. The number of benzene rings is 1. The van der Waals surface area contributed by atoms with Gasteiger partial charge in [0.15, 0.2) is 0 Å². The quantitative estimate of drug-likeness (QED) is 0.0747. The second-order valence-corrected chi connectivity index (χ2v) is 17.6.